The van der Waals surface area contributed by atoms with Crippen molar-refractivity contribution in [3.63, 3.8) is 0 Å². The molecule has 0 unspecified atom stereocenters. The topological polar surface area (TPSA) is 43.3 Å². The van der Waals surface area contributed by atoms with Gasteiger partial charge in [0.2, 0.25) is 0 Å². The second kappa shape index (κ2) is 8.53. The molecule has 0 saturated heterocycles. The predicted molar refractivity (Wildman–Crippen MR) is 160 cm³/mol. The van der Waals surface area contributed by atoms with Gasteiger partial charge in [0.25, 0.3) is 0 Å². The lowest BCUT2D eigenvalue weighted by Crippen LogP contribution is -1.95. The van der Waals surface area contributed by atoms with Crippen LogP contribution in [0, 0.1) is 0 Å². The molecule has 39 heavy (non-hydrogen) atoms. The average Bonchev–Trinajstić information content (AvgIpc) is 3.60. The van der Waals surface area contributed by atoms with Crippen molar-refractivity contribution in [1.82, 2.24) is 14.6 Å². The number of hydrogen-bond donors (Lipinski definition) is 0. The molecule has 5 aromatic carbocycles. The highest BCUT2D eigenvalue weighted by Gasteiger charge is 2.17. The fourth-order valence-electron chi connectivity index (χ4n) is 6.00. The highest BCUT2D eigenvalue weighted by Crippen LogP contribution is 2.37. The van der Waals surface area contributed by atoms with E-state index in [0.717, 1.165) is 73.8 Å². The summed E-state index contributed by atoms with van der Waals surface area (Å²) in [6, 6.07) is 38.5. The molecule has 186 valence electrons. The fraction of sp³-hybridized carbons (Fsp3) is 0.0857. The van der Waals surface area contributed by atoms with E-state index in [1.807, 2.05) is 12.1 Å². The number of rotatable bonds is 4. The molecule has 0 atom stereocenters. The summed E-state index contributed by atoms with van der Waals surface area (Å²) in [6.07, 6.45) is 2.19. The van der Waals surface area contributed by atoms with E-state index < -0.39 is 0 Å². The van der Waals surface area contributed by atoms with Gasteiger partial charge in [-0.25, -0.2) is 0 Å². The first-order valence-electron chi connectivity index (χ1n) is 13.5. The van der Waals surface area contributed by atoms with Gasteiger partial charge in [-0.2, -0.15) is 0 Å². The number of aromatic nitrogens is 3. The Kier molecular flexibility index (Phi) is 4.83. The molecule has 0 spiro atoms. The molecule has 0 aliphatic heterocycles. The predicted octanol–water partition coefficient (Wildman–Crippen LogP) is 9.22. The fourth-order valence-corrected chi connectivity index (χ4v) is 6.00. The number of furan rings is 1. The highest BCUT2D eigenvalue weighted by molar-refractivity contribution is 6.12. The van der Waals surface area contributed by atoms with Crippen molar-refractivity contribution in [3.8, 4) is 22.5 Å². The van der Waals surface area contributed by atoms with Gasteiger partial charge in [0.15, 0.2) is 11.5 Å². The van der Waals surface area contributed by atoms with Crippen LogP contribution in [-0.2, 0) is 6.42 Å². The van der Waals surface area contributed by atoms with E-state index >= 15 is 0 Å². The van der Waals surface area contributed by atoms with Crippen LogP contribution in [-0.4, -0.2) is 14.6 Å². The van der Waals surface area contributed by atoms with Crippen molar-refractivity contribution in [2.24, 2.45) is 0 Å². The second-order valence-electron chi connectivity index (χ2n) is 10.2. The van der Waals surface area contributed by atoms with E-state index in [1.54, 1.807) is 0 Å². The van der Waals surface area contributed by atoms with E-state index in [0.29, 0.717) is 0 Å². The number of hydrogen-bond acceptors (Lipinski definition) is 3. The number of fused-ring (bicyclic) bond motifs is 9. The van der Waals surface area contributed by atoms with Crippen molar-refractivity contribution in [1.29, 1.82) is 0 Å². The Morgan fingerprint density at radius 3 is 2.23 bits per heavy atom. The van der Waals surface area contributed by atoms with Gasteiger partial charge in [0.1, 0.15) is 11.2 Å². The molecule has 0 bridgehead atoms. The Balaban J connectivity index is 1.31. The lowest BCUT2D eigenvalue weighted by Gasteiger charge is -2.11. The summed E-state index contributed by atoms with van der Waals surface area (Å²) >= 11 is 0. The third kappa shape index (κ3) is 3.31. The zero-order valence-electron chi connectivity index (χ0n) is 21.6. The largest absolute Gasteiger partial charge is 0.455 e. The highest BCUT2D eigenvalue weighted by atomic mass is 16.3. The first-order chi connectivity index (χ1) is 19.3. The van der Waals surface area contributed by atoms with E-state index in [9.17, 15) is 0 Å². The molecule has 0 saturated carbocycles. The van der Waals surface area contributed by atoms with E-state index in [2.05, 4.69) is 113 Å². The zero-order valence-corrected chi connectivity index (χ0v) is 21.6. The molecule has 4 nitrogen and oxygen atoms in total. The van der Waals surface area contributed by atoms with E-state index in [-0.39, 0.29) is 0 Å². The van der Waals surface area contributed by atoms with Gasteiger partial charge in [0, 0.05) is 32.7 Å². The average molecular weight is 504 g/mol. The van der Waals surface area contributed by atoms with Gasteiger partial charge in [0.05, 0.1) is 5.52 Å². The molecule has 0 N–H and O–H groups in total. The SMILES string of the molecule is CCCc1ccc2c(c1)c1ccccc1c1nnc(-c3ccc(-c4cccc5c4oc4ccccc45)cc3)n21. The first kappa shape index (κ1) is 22.1. The molecular weight excluding hydrogens is 478 g/mol. The van der Waals surface area contributed by atoms with Crippen LogP contribution in [0.15, 0.2) is 114 Å². The number of para-hydroxylation sites is 2. The van der Waals surface area contributed by atoms with Crippen LogP contribution in [0.5, 0.6) is 0 Å². The van der Waals surface area contributed by atoms with Crippen molar-refractivity contribution in [2.75, 3.05) is 0 Å². The third-order valence-corrected chi connectivity index (χ3v) is 7.82. The molecule has 0 amide bonds. The number of pyridine rings is 1. The summed E-state index contributed by atoms with van der Waals surface area (Å²) in [7, 11) is 0. The monoisotopic (exact) mass is 503 g/mol. The third-order valence-electron chi connectivity index (χ3n) is 7.82. The van der Waals surface area contributed by atoms with Crippen LogP contribution >= 0.6 is 0 Å². The summed E-state index contributed by atoms with van der Waals surface area (Å²) in [5.41, 5.74) is 8.41. The minimum Gasteiger partial charge on any atom is -0.455 e. The van der Waals surface area contributed by atoms with Crippen LogP contribution in [0.1, 0.15) is 18.9 Å². The lowest BCUT2D eigenvalue weighted by molar-refractivity contribution is 0.670. The van der Waals surface area contributed by atoms with Crippen molar-refractivity contribution in [3.05, 3.63) is 115 Å². The molecule has 8 aromatic rings. The minimum absolute atomic E-state index is 0.845. The molecule has 3 heterocycles. The van der Waals surface area contributed by atoms with Gasteiger partial charge in [-0.3, -0.25) is 4.40 Å². The second-order valence-corrected chi connectivity index (χ2v) is 10.2. The molecule has 3 aromatic heterocycles. The molecule has 0 aliphatic rings. The lowest BCUT2D eigenvalue weighted by atomic mass is 10.0. The maximum Gasteiger partial charge on any atom is 0.169 e. The smallest absolute Gasteiger partial charge is 0.169 e. The van der Waals surface area contributed by atoms with Crippen LogP contribution in [0.2, 0.25) is 0 Å². The van der Waals surface area contributed by atoms with Gasteiger partial charge in [-0.1, -0.05) is 104 Å². The summed E-state index contributed by atoms with van der Waals surface area (Å²) < 4.78 is 8.50. The number of nitrogens with zero attached hydrogens (tertiary/aromatic N) is 3. The standard InChI is InChI=1S/C35H25N3O/c1-2-8-22-15-20-31-30(21-22)26-9-3-4-11-29(26)35-37-36-34(38(31)35)24-18-16-23(17-19-24)25-12-7-13-28-27-10-5-6-14-32(27)39-33(25)28/h3-7,9-21H,2,8H2,1H3. The Morgan fingerprint density at radius 1 is 0.641 bits per heavy atom. The Morgan fingerprint density at radius 2 is 1.38 bits per heavy atom. The number of aryl methyl sites for hydroxylation is 1. The Labute approximate surface area is 225 Å². The maximum atomic E-state index is 6.29. The summed E-state index contributed by atoms with van der Waals surface area (Å²) in [5, 5.41) is 15.2. The van der Waals surface area contributed by atoms with Crippen LogP contribution in [0.4, 0.5) is 0 Å². The zero-order chi connectivity index (χ0) is 25.9. The summed E-state index contributed by atoms with van der Waals surface area (Å²) in [4.78, 5) is 0. The van der Waals surface area contributed by atoms with Crippen LogP contribution in [0.3, 0.4) is 0 Å². The van der Waals surface area contributed by atoms with Crippen LogP contribution < -0.4 is 0 Å². The van der Waals surface area contributed by atoms with Crippen LogP contribution in [0.25, 0.3) is 71.8 Å². The number of benzene rings is 5. The molecule has 0 fully saturated rings. The van der Waals surface area contributed by atoms with Crippen molar-refractivity contribution in [2.45, 2.75) is 19.8 Å². The van der Waals surface area contributed by atoms with Gasteiger partial charge in [-0.05, 0) is 41.1 Å². The molecule has 0 radical (unpaired) electrons. The van der Waals surface area contributed by atoms with E-state index in [1.165, 1.54) is 16.3 Å². The molecule has 4 heteroatoms. The molecule has 0 aliphatic carbocycles. The van der Waals surface area contributed by atoms with Crippen molar-refractivity contribution < 1.29 is 4.42 Å². The maximum absolute atomic E-state index is 6.29. The minimum atomic E-state index is 0.845. The van der Waals surface area contributed by atoms with Gasteiger partial charge in [-0.15, -0.1) is 10.2 Å². The first-order valence-corrected chi connectivity index (χ1v) is 13.5. The quantitative estimate of drug-likeness (QED) is 0.225. The summed E-state index contributed by atoms with van der Waals surface area (Å²) in [6.45, 7) is 2.22. The van der Waals surface area contributed by atoms with Crippen molar-refractivity contribution >= 4 is 49.3 Å². The molecular formula is C35H25N3O. The molecule has 8 rings (SSSR count). The Bertz CT molecular complexity index is 2180. The normalized spacial score (nSPS) is 11.9. The Hall–Kier alpha value is -4.96. The summed E-state index contributed by atoms with van der Waals surface area (Å²) in [5.74, 6) is 0.845. The van der Waals surface area contributed by atoms with Gasteiger partial charge >= 0.3 is 0 Å². The van der Waals surface area contributed by atoms with Gasteiger partial charge < -0.3 is 4.42 Å². The van der Waals surface area contributed by atoms with E-state index in [4.69, 9.17) is 9.52 Å².